The van der Waals surface area contributed by atoms with Crippen molar-refractivity contribution in [2.75, 3.05) is 26.9 Å². The van der Waals surface area contributed by atoms with Gasteiger partial charge in [-0.15, -0.1) is 0 Å². The van der Waals surface area contributed by atoms with Gasteiger partial charge in [0.2, 0.25) is 0 Å². The smallest absolute Gasteiger partial charge is 0.420 e. The molecule has 0 rings (SSSR count). The van der Waals surface area contributed by atoms with Crippen molar-refractivity contribution in [1.29, 1.82) is 0 Å². The second-order valence-electron chi connectivity index (χ2n) is 4.99. The van der Waals surface area contributed by atoms with E-state index in [9.17, 15) is 30.0 Å². The van der Waals surface area contributed by atoms with Crippen LogP contribution in [-0.2, 0) is 33.7 Å². The van der Waals surface area contributed by atoms with Crippen LogP contribution in [0.25, 0.3) is 0 Å². The fourth-order valence-corrected chi connectivity index (χ4v) is 4.35. The third-order valence-electron chi connectivity index (χ3n) is 2.60. The summed E-state index contributed by atoms with van der Waals surface area (Å²) in [4.78, 5) is 0. The van der Waals surface area contributed by atoms with Crippen LogP contribution in [0.4, 0.5) is 13.2 Å². The highest BCUT2D eigenvalue weighted by Gasteiger charge is 2.48. The number of alkyl halides is 3. The lowest BCUT2D eigenvalue weighted by Gasteiger charge is -2.19. The van der Waals surface area contributed by atoms with Crippen molar-refractivity contribution >= 4 is 28.6 Å². The Labute approximate surface area is 134 Å². The van der Waals surface area contributed by atoms with Crippen molar-refractivity contribution in [3.8, 4) is 0 Å². The summed E-state index contributed by atoms with van der Waals surface area (Å²) in [5.74, 6) is 0. The number of halogens is 3. The van der Waals surface area contributed by atoms with Crippen LogP contribution in [0.3, 0.4) is 0 Å². The Morgan fingerprint density at radius 3 is 2.09 bits per heavy atom. The molecule has 0 amide bonds. The maximum atomic E-state index is 12.0. The van der Waals surface area contributed by atoms with Crippen molar-refractivity contribution < 1.29 is 43.4 Å². The maximum absolute atomic E-state index is 12.0. The average Bonchev–Trinajstić information content (AvgIpc) is 2.34. The number of sulfonamides is 1. The molecular weight excluding hydrogens is 383 g/mol. The molecule has 0 aromatic heterocycles. The van der Waals surface area contributed by atoms with E-state index < -0.39 is 40.8 Å². The number of hydrogen-bond acceptors (Lipinski definition) is 7. The molecule has 23 heavy (non-hydrogen) atoms. The first kappa shape index (κ1) is 22.7. The quantitative estimate of drug-likeness (QED) is 0.404. The summed E-state index contributed by atoms with van der Waals surface area (Å²) in [6, 6.07) is 0.814. The molecule has 0 aliphatic carbocycles. The summed E-state index contributed by atoms with van der Waals surface area (Å²) in [6.45, 7) is 3.47. The van der Waals surface area contributed by atoms with Crippen LogP contribution < -0.4 is 4.13 Å². The topological polar surface area (TPSA) is 108 Å². The van der Waals surface area contributed by atoms with Gasteiger partial charge in [0.1, 0.15) is 0 Å². The normalized spacial score (nSPS) is 14.2. The van der Waals surface area contributed by atoms with E-state index in [0.717, 1.165) is 6.04 Å². The van der Waals surface area contributed by atoms with Crippen LogP contribution in [0.2, 0.25) is 19.1 Å². The third-order valence-corrected chi connectivity index (χ3v) is 8.05. The molecule has 14 heteroatoms. The molecule has 8 nitrogen and oxygen atoms in total. The zero-order valence-corrected chi connectivity index (χ0v) is 15.5. The molecule has 140 valence electrons. The summed E-state index contributed by atoms with van der Waals surface area (Å²) in [5.41, 5.74) is -5.75. The van der Waals surface area contributed by atoms with Gasteiger partial charge in [0.25, 0.3) is 0 Å². The van der Waals surface area contributed by atoms with E-state index in [0.29, 0.717) is 10.5 Å². The number of hydrogen-bond donors (Lipinski definition) is 1. The molecule has 0 heterocycles. The molecule has 0 spiro atoms. The maximum Gasteiger partial charge on any atom is 0.512 e. The van der Waals surface area contributed by atoms with Crippen LogP contribution in [0.15, 0.2) is 0 Å². The van der Waals surface area contributed by atoms with E-state index in [2.05, 4.69) is 4.18 Å². The van der Waals surface area contributed by atoms with Gasteiger partial charge in [-0.2, -0.15) is 21.6 Å². The second-order valence-corrected chi connectivity index (χ2v) is 12.7. The van der Waals surface area contributed by atoms with E-state index in [-0.39, 0.29) is 13.2 Å². The average molecular weight is 403 g/mol. The number of rotatable bonds is 11. The Bertz CT molecular complexity index is 562. The second kappa shape index (κ2) is 8.73. The molecule has 0 atom stereocenters. The van der Waals surface area contributed by atoms with Crippen LogP contribution in [-0.4, -0.2) is 57.6 Å². The Balaban J connectivity index is 4.06. The van der Waals surface area contributed by atoms with E-state index in [4.69, 9.17) is 9.16 Å². The highest BCUT2D eigenvalue weighted by atomic mass is 32.3. The van der Waals surface area contributed by atoms with Gasteiger partial charge < -0.3 is 9.16 Å². The molecule has 1 N–H and O–H groups in total. The largest absolute Gasteiger partial charge is 0.512 e. The van der Waals surface area contributed by atoms with Crippen molar-refractivity contribution in [3.63, 3.8) is 0 Å². The molecule has 0 aliphatic heterocycles. The molecule has 0 unspecified atom stereocenters. The Kier molecular flexibility index (Phi) is 8.63. The van der Waals surface area contributed by atoms with Gasteiger partial charge in [0, 0.05) is 13.7 Å². The molecule has 0 aliphatic rings. The number of ether oxygens (including phenoxy) is 1. The van der Waals surface area contributed by atoms with E-state index in [1.807, 2.05) is 13.1 Å². The summed E-state index contributed by atoms with van der Waals surface area (Å²) in [5, 5.41) is 0. The zero-order chi connectivity index (χ0) is 18.4. The molecule has 0 saturated carbocycles. The van der Waals surface area contributed by atoms with Gasteiger partial charge in [-0.25, -0.2) is 8.42 Å². The van der Waals surface area contributed by atoms with Gasteiger partial charge >= 0.3 is 25.8 Å². The van der Waals surface area contributed by atoms with Gasteiger partial charge in [0.05, 0.1) is 13.2 Å². The fraction of sp³-hybridized carbons (Fsp3) is 1.00. The predicted molar refractivity (Wildman–Crippen MR) is 77.7 cm³/mol. The highest BCUT2D eigenvalue weighted by molar-refractivity contribution is 8.03. The molecule has 0 bridgehead atoms. The van der Waals surface area contributed by atoms with Crippen molar-refractivity contribution in [1.82, 2.24) is 4.13 Å². The summed E-state index contributed by atoms with van der Waals surface area (Å²) < 4.78 is 94.3. The minimum absolute atomic E-state index is 0.220. The van der Waals surface area contributed by atoms with Gasteiger partial charge in [-0.1, -0.05) is 4.13 Å². The minimum atomic E-state index is -6.04. The standard InChI is InChI=1S/C9H20F3NO7S2Si/c1-18-23(2,3)8-4-5-19-6-7-20-22(16,17)13-21(14,15)9(10,11)12/h13H,4-8H2,1-3H3. The van der Waals surface area contributed by atoms with Gasteiger partial charge in [0.15, 0.2) is 8.32 Å². The zero-order valence-electron chi connectivity index (χ0n) is 12.8. The van der Waals surface area contributed by atoms with Crippen LogP contribution >= 0.6 is 0 Å². The first-order valence-corrected chi connectivity index (χ1v) is 12.4. The molecule has 0 aromatic rings. The van der Waals surface area contributed by atoms with Crippen molar-refractivity contribution in [3.05, 3.63) is 0 Å². The molecule has 0 radical (unpaired) electrons. The van der Waals surface area contributed by atoms with Crippen LogP contribution in [0.5, 0.6) is 0 Å². The minimum Gasteiger partial charge on any atom is -0.420 e. The van der Waals surface area contributed by atoms with Crippen molar-refractivity contribution in [2.45, 2.75) is 31.1 Å². The summed E-state index contributed by atoms with van der Waals surface area (Å²) in [6.07, 6.45) is 0.667. The monoisotopic (exact) mass is 403 g/mol. The highest BCUT2D eigenvalue weighted by Crippen LogP contribution is 2.22. The summed E-state index contributed by atoms with van der Waals surface area (Å²) in [7, 11) is -11.2. The van der Waals surface area contributed by atoms with Crippen LogP contribution in [0, 0.1) is 0 Å². The summed E-state index contributed by atoms with van der Waals surface area (Å²) >= 11 is 0. The SMILES string of the molecule is CO[Si](C)(C)CCCOCCOS(=O)(=O)NS(=O)(=O)C(F)(F)F. The van der Waals surface area contributed by atoms with E-state index >= 15 is 0 Å². The first-order valence-electron chi connectivity index (χ1n) is 6.34. The van der Waals surface area contributed by atoms with Crippen LogP contribution in [0.1, 0.15) is 6.42 Å². The van der Waals surface area contributed by atoms with E-state index in [1.54, 1.807) is 7.11 Å². The number of nitrogens with one attached hydrogen (secondary N) is 1. The van der Waals surface area contributed by atoms with Gasteiger partial charge in [-0.3, -0.25) is 4.18 Å². The molecule has 0 aromatic carbocycles. The Morgan fingerprint density at radius 2 is 1.61 bits per heavy atom. The lowest BCUT2D eigenvalue weighted by Crippen LogP contribution is -2.41. The fourth-order valence-electron chi connectivity index (χ4n) is 1.21. The molecular formula is C9H20F3NO7S2Si. The molecule has 0 saturated heterocycles. The van der Waals surface area contributed by atoms with Gasteiger partial charge in [-0.05, 0) is 25.6 Å². The lowest BCUT2D eigenvalue weighted by atomic mass is 10.5. The first-order chi connectivity index (χ1) is 10.2. The van der Waals surface area contributed by atoms with Crippen molar-refractivity contribution in [2.24, 2.45) is 0 Å². The lowest BCUT2D eigenvalue weighted by molar-refractivity contribution is -0.0442. The Hall–Kier alpha value is -0.253. The third kappa shape index (κ3) is 9.58. The van der Waals surface area contributed by atoms with E-state index in [1.165, 1.54) is 0 Å². The Morgan fingerprint density at radius 1 is 1.04 bits per heavy atom. The predicted octanol–water partition coefficient (Wildman–Crippen LogP) is 0.945. The molecule has 0 fully saturated rings.